The van der Waals surface area contributed by atoms with Crippen LogP contribution in [0, 0.1) is 11.3 Å². The summed E-state index contributed by atoms with van der Waals surface area (Å²) in [6, 6.07) is 15.5. The average Bonchev–Trinajstić information content (AvgIpc) is 2.64. The molecule has 0 aliphatic carbocycles. The fraction of sp³-hybridized carbons (Fsp3) is 0.300. The van der Waals surface area contributed by atoms with Gasteiger partial charge in [0.25, 0.3) is 0 Å². The monoisotopic (exact) mass is 351 g/mol. The minimum atomic E-state index is -0.966. The second-order valence-electron chi connectivity index (χ2n) is 6.81. The maximum absolute atomic E-state index is 12.4. The first-order valence-corrected chi connectivity index (χ1v) is 8.40. The molecule has 3 rings (SSSR count). The third-order valence-electron chi connectivity index (χ3n) is 4.46. The number of urea groups is 1. The van der Waals surface area contributed by atoms with Crippen LogP contribution in [0.1, 0.15) is 36.6 Å². The zero-order valence-corrected chi connectivity index (χ0v) is 14.7. The van der Waals surface area contributed by atoms with Gasteiger partial charge in [0.05, 0.1) is 17.7 Å². The highest BCUT2D eigenvalue weighted by atomic mass is 16.5. The number of hydrogen-bond acceptors (Lipinski definition) is 4. The zero-order chi connectivity index (χ0) is 18.7. The number of rotatable bonds is 3. The Kier molecular flexibility index (Phi) is 4.83. The number of benzene rings is 2. The molecule has 1 aliphatic rings. The molecule has 2 atom stereocenters. The van der Waals surface area contributed by atoms with Crippen molar-refractivity contribution < 1.29 is 14.6 Å². The maximum Gasteiger partial charge on any atom is 0.315 e. The van der Waals surface area contributed by atoms with Gasteiger partial charge >= 0.3 is 6.03 Å². The van der Waals surface area contributed by atoms with Crippen LogP contribution in [0.3, 0.4) is 0 Å². The first-order valence-electron chi connectivity index (χ1n) is 8.40. The number of hydrogen-bond donors (Lipinski definition) is 3. The Hall–Kier alpha value is -3.04. The van der Waals surface area contributed by atoms with Crippen molar-refractivity contribution in [3.05, 3.63) is 65.2 Å². The molecule has 0 saturated carbocycles. The molecule has 6 heteroatoms. The van der Waals surface area contributed by atoms with Gasteiger partial charge in [-0.2, -0.15) is 5.26 Å². The number of carbonyl (C=O) groups excluding carboxylic acids is 1. The lowest BCUT2D eigenvalue weighted by molar-refractivity contribution is -0.0621. The number of nitriles is 1. The third kappa shape index (κ3) is 3.63. The van der Waals surface area contributed by atoms with Crippen molar-refractivity contribution in [1.29, 1.82) is 5.26 Å². The van der Waals surface area contributed by atoms with Crippen LogP contribution in [0.5, 0.6) is 5.75 Å². The maximum atomic E-state index is 12.4. The molecule has 2 aromatic carbocycles. The van der Waals surface area contributed by atoms with E-state index in [0.717, 1.165) is 5.56 Å². The zero-order valence-electron chi connectivity index (χ0n) is 14.7. The fourth-order valence-corrected chi connectivity index (χ4v) is 3.00. The Balaban J connectivity index is 1.79. The predicted molar refractivity (Wildman–Crippen MR) is 96.4 cm³/mol. The topological polar surface area (TPSA) is 94.4 Å². The van der Waals surface area contributed by atoms with Crippen molar-refractivity contribution in [2.24, 2.45) is 0 Å². The van der Waals surface area contributed by atoms with E-state index < -0.39 is 23.8 Å². The molecule has 0 aromatic heterocycles. The van der Waals surface area contributed by atoms with Crippen molar-refractivity contribution in [3.8, 4) is 11.8 Å². The van der Waals surface area contributed by atoms with Crippen LogP contribution < -0.4 is 15.4 Å². The van der Waals surface area contributed by atoms with E-state index >= 15 is 0 Å². The second kappa shape index (κ2) is 7.06. The van der Waals surface area contributed by atoms with Gasteiger partial charge in [0, 0.05) is 12.1 Å². The number of amides is 2. The highest BCUT2D eigenvalue weighted by Crippen LogP contribution is 2.40. The Bertz CT molecular complexity index is 843. The van der Waals surface area contributed by atoms with Crippen molar-refractivity contribution in [2.75, 3.05) is 0 Å². The Morgan fingerprint density at radius 1 is 1.27 bits per heavy atom. The van der Waals surface area contributed by atoms with E-state index in [2.05, 4.69) is 16.7 Å². The number of carbonyl (C=O) groups is 1. The highest BCUT2D eigenvalue weighted by molar-refractivity contribution is 5.75. The second-order valence-corrected chi connectivity index (χ2v) is 6.81. The number of fused-ring (bicyclic) bond motifs is 1. The molecule has 0 spiro atoms. The van der Waals surface area contributed by atoms with Crippen LogP contribution in [-0.4, -0.2) is 22.8 Å². The van der Waals surface area contributed by atoms with Crippen LogP contribution in [0.15, 0.2) is 48.5 Å². The average molecular weight is 351 g/mol. The van der Waals surface area contributed by atoms with E-state index in [1.54, 1.807) is 32.0 Å². The molecule has 26 heavy (non-hydrogen) atoms. The molecule has 0 unspecified atom stereocenters. The number of ether oxygens (including phenoxy) is 1. The SMILES string of the molecule is CC1(C)Oc2ccc(C#N)cc2[C@H](NC(=O)NCc2ccccc2)[C@H]1O. The first kappa shape index (κ1) is 17.8. The summed E-state index contributed by atoms with van der Waals surface area (Å²) in [6.45, 7) is 3.89. The van der Waals surface area contributed by atoms with Crippen molar-refractivity contribution >= 4 is 6.03 Å². The van der Waals surface area contributed by atoms with E-state index in [9.17, 15) is 9.90 Å². The highest BCUT2D eigenvalue weighted by Gasteiger charge is 2.43. The molecule has 0 fully saturated rings. The Morgan fingerprint density at radius 2 is 2.00 bits per heavy atom. The predicted octanol–water partition coefficient (Wildman–Crippen LogP) is 2.63. The van der Waals surface area contributed by atoms with Crippen LogP contribution in [-0.2, 0) is 6.54 Å². The lowest BCUT2D eigenvalue weighted by Gasteiger charge is -2.42. The fourth-order valence-electron chi connectivity index (χ4n) is 3.00. The van der Waals surface area contributed by atoms with Crippen molar-refractivity contribution in [1.82, 2.24) is 10.6 Å². The number of aliphatic hydroxyl groups is 1. The summed E-state index contributed by atoms with van der Waals surface area (Å²) in [5.74, 6) is 0.549. The number of nitrogens with one attached hydrogen (secondary N) is 2. The summed E-state index contributed by atoms with van der Waals surface area (Å²) in [6.07, 6.45) is -0.966. The molecular formula is C20H21N3O3. The molecule has 1 heterocycles. The molecule has 1 aliphatic heterocycles. The van der Waals surface area contributed by atoms with Crippen LogP contribution in [0.4, 0.5) is 4.79 Å². The molecule has 6 nitrogen and oxygen atoms in total. The smallest absolute Gasteiger partial charge is 0.315 e. The van der Waals surface area contributed by atoms with Gasteiger partial charge in [-0.1, -0.05) is 30.3 Å². The van der Waals surface area contributed by atoms with Gasteiger partial charge < -0.3 is 20.5 Å². The summed E-state index contributed by atoms with van der Waals surface area (Å²) >= 11 is 0. The molecule has 3 N–H and O–H groups in total. The molecule has 0 saturated heterocycles. The molecule has 2 amide bonds. The van der Waals surface area contributed by atoms with Gasteiger partial charge in [0.1, 0.15) is 17.5 Å². The quantitative estimate of drug-likeness (QED) is 0.792. The summed E-state index contributed by atoms with van der Waals surface area (Å²) < 4.78 is 5.84. The summed E-state index contributed by atoms with van der Waals surface area (Å²) in [5, 5.41) is 25.4. The molecule has 0 bridgehead atoms. The third-order valence-corrected chi connectivity index (χ3v) is 4.46. The van der Waals surface area contributed by atoms with Crippen LogP contribution in [0.2, 0.25) is 0 Å². The Labute approximate surface area is 152 Å². The van der Waals surface area contributed by atoms with E-state index in [1.807, 2.05) is 30.3 Å². The van der Waals surface area contributed by atoms with Gasteiger partial charge in [-0.25, -0.2) is 4.79 Å². The molecule has 2 aromatic rings. The minimum absolute atomic E-state index is 0.375. The minimum Gasteiger partial charge on any atom is -0.485 e. The van der Waals surface area contributed by atoms with Gasteiger partial charge in [0.15, 0.2) is 0 Å². The van der Waals surface area contributed by atoms with Gasteiger partial charge in [0.2, 0.25) is 0 Å². The van der Waals surface area contributed by atoms with Crippen LogP contribution in [0.25, 0.3) is 0 Å². The molecular weight excluding hydrogens is 330 g/mol. The summed E-state index contributed by atoms with van der Waals surface area (Å²) in [5.41, 5.74) is 1.13. The van der Waals surface area contributed by atoms with E-state index in [4.69, 9.17) is 10.00 Å². The number of nitrogens with zero attached hydrogens (tertiary/aromatic N) is 1. The molecule has 0 radical (unpaired) electrons. The van der Waals surface area contributed by atoms with E-state index in [-0.39, 0.29) is 0 Å². The summed E-state index contributed by atoms with van der Waals surface area (Å²) in [7, 11) is 0. The van der Waals surface area contributed by atoms with E-state index in [1.165, 1.54) is 0 Å². The van der Waals surface area contributed by atoms with Gasteiger partial charge in [-0.05, 0) is 37.6 Å². The van der Waals surface area contributed by atoms with Crippen LogP contribution >= 0.6 is 0 Å². The standard InChI is InChI=1S/C20H21N3O3/c1-20(2)18(24)17(15-10-14(11-21)8-9-16(15)26-20)23-19(25)22-12-13-6-4-3-5-7-13/h3-10,17-18,24H,12H2,1-2H3,(H2,22,23,25)/t17-,18+/m0/s1. The Morgan fingerprint density at radius 3 is 2.69 bits per heavy atom. The van der Waals surface area contributed by atoms with Crippen molar-refractivity contribution in [3.63, 3.8) is 0 Å². The molecule has 134 valence electrons. The normalized spacial score (nSPS) is 20.2. The van der Waals surface area contributed by atoms with Gasteiger partial charge in [-0.3, -0.25) is 0 Å². The number of aliphatic hydroxyl groups excluding tert-OH is 1. The first-order chi connectivity index (χ1) is 12.4. The van der Waals surface area contributed by atoms with Gasteiger partial charge in [-0.15, -0.1) is 0 Å². The van der Waals surface area contributed by atoms with E-state index in [0.29, 0.717) is 23.4 Å². The van der Waals surface area contributed by atoms with Crippen molar-refractivity contribution in [2.45, 2.75) is 38.1 Å². The lowest BCUT2D eigenvalue weighted by atomic mass is 9.86. The lowest BCUT2D eigenvalue weighted by Crippen LogP contribution is -2.54. The largest absolute Gasteiger partial charge is 0.485 e. The summed E-state index contributed by atoms with van der Waals surface area (Å²) in [4.78, 5) is 12.4.